The molecule has 0 amide bonds. The molecule has 0 aliphatic rings. The van der Waals surface area contributed by atoms with E-state index in [1.165, 1.54) is 14.2 Å². The zero-order valence-electron chi connectivity index (χ0n) is 6.11. The molecule has 2 atom stereocenters. The maximum Gasteiger partial charge on any atom is 0.151 e. The van der Waals surface area contributed by atoms with E-state index in [4.69, 9.17) is 14.6 Å². The monoisotopic (exact) mass is 148 g/mol. The number of rotatable bonds is 5. The molecule has 1 N–H and O–H groups in total. The summed E-state index contributed by atoms with van der Waals surface area (Å²) in [5.41, 5.74) is 0. The lowest BCUT2D eigenvalue weighted by molar-refractivity contribution is -0.127. The Hall–Kier alpha value is -0.450. The van der Waals surface area contributed by atoms with Crippen LogP contribution in [0.1, 0.15) is 0 Å². The summed E-state index contributed by atoms with van der Waals surface area (Å²) in [6, 6.07) is 0. The van der Waals surface area contributed by atoms with Crippen molar-refractivity contribution in [1.29, 1.82) is 0 Å². The van der Waals surface area contributed by atoms with Crippen LogP contribution in [0.5, 0.6) is 0 Å². The van der Waals surface area contributed by atoms with Gasteiger partial charge < -0.3 is 19.4 Å². The number of aliphatic hydroxyl groups excluding tert-OH is 1. The number of ether oxygens (including phenoxy) is 2. The molecule has 0 aliphatic heterocycles. The molecule has 2 unspecified atom stereocenters. The van der Waals surface area contributed by atoms with E-state index in [0.29, 0.717) is 6.29 Å². The van der Waals surface area contributed by atoms with Crippen LogP contribution in [0.2, 0.25) is 0 Å². The highest BCUT2D eigenvalue weighted by Gasteiger charge is 2.18. The summed E-state index contributed by atoms with van der Waals surface area (Å²) in [5.74, 6) is 0. The van der Waals surface area contributed by atoms with Crippen LogP contribution in [0, 0.1) is 0 Å². The van der Waals surface area contributed by atoms with E-state index in [1.54, 1.807) is 0 Å². The van der Waals surface area contributed by atoms with Crippen LogP contribution in [0.15, 0.2) is 0 Å². The van der Waals surface area contributed by atoms with Crippen LogP contribution in [0.3, 0.4) is 0 Å². The van der Waals surface area contributed by atoms with Crippen molar-refractivity contribution >= 4 is 6.29 Å². The first-order valence-electron chi connectivity index (χ1n) is 2.91. The first-order chi connectivity index (χ1) is 4.79. The molecule has 0 radical (unpaired) electrons. The minimum absolute atomic E-state index is 0.215. The van der Waals surface area contributed by atoms with E-state index in [9.17, 15) is 4.79 Å². The predicted octanol–water partition coefficient (Wildman–Crippen LogP) is -0.792. The molecule has 60 valence electrons. The Bertz CT molecular complexity index is 89.7. The van der Waals surface area contributed by atoms with Gasteiger partial charge in [-0.05, 0) is 0 Å². The molecular formula is C6H12O4. The lowest BCUT2D eigenvalue weighted by Crippen LogP contribution is -2.34. The van der Waals surface area contributed by atoms with Crippen molar-refractivity contribution < 1.29 is 19.4 Å². The van der Waals surface area contributed by atoms with Gasteiger partial charge in [-0.2, -0.15) is 0 Å². The molecule has 0 saturated carbocycles. The van der Waals surface area contributed by atoms with E-state index in [2.05, 4.69) is 0 Å². The Morgan fingerprint density at radius 2 is 2.10 bits per heavy atom. The zero-order chi connectivity index (χ0) is 7.98. The fraction of sp³-hybridized carbons (Fsp3) is 0.833. The van der Waals surface area contributed by atoms with E-state index in [0.717, 1.165) is 0 Å². The van der Waals surface area contributed by atoms with Crippen LogP contribution >= 0.6 is 0 Å². The highest BCUT2D eigenvalue weighted by atomic mass is 16.5. The fourth-order valence-electron chi connectivity index (χ4n) is 0.608. The molecule has 0 aromatic carbocycles. The van der Waals surface area contributed by atoms with Gasteiger partial charge in [0.2, 0.25) is 0 Å². The van der Waals surface area contributed by atoms with Crippen LogP contribution in [0.25, 0.3) is 0 Å². The van der Waals surface area contributed by atoms with Crippen molar-refractivity contribution in [2.75, 3.05) is 20.8 Å². The van der Waals surface area contributed by atoms with E-state index < -0.39 is 12.2 Å². The van der Waals surface area contributed by atoms with Crippen molar-refractivity contribution in [3.8, 4) is 0 Å². The van der Waals surface area contributed by atoms with Crippen molar-refractivity contribution in [2.24, 2.45) is 0 Å². The van der Waals surface area contributed by atoms with Crippen molar-refractivity contribution in [3.63, 3.8) is 0 Å². The smallest absolute Gasteiger partial charge is 0.151 e. The Labute approximate surface area is 59.7 Å². The van der Waals surface area contributed by atoms with Gasteiger partial charge in [0.05, 0.1) is 6.61 Å². The third-order valence-corrected chi connectivity index (χ3v) is 1.26. The molecule has 10 heavy (non-hydrogen) atoms. The Morgan fingerprint density at radius 3 is 2.20 bits per heavy atom. The topological polar surface area (TPSA) is 55.8 Å². The van der Waals surface area contributed by atoms with E-state index >= 15 is 0 Å². The van der Waals surface area contributed by atoms with Gasteiger partial charge in [-0.3, -0.25) is 0 Å². The largest absolute Gasteiger partial charge is 0.394 e. The number of hydrogen-bond acceptors (Lipinski definition) is 4. The predicted molar refractivity (Wildman–Crippen MR) is 34.7 cm³/mol. The molecule has 0 saturated heterocycles. The molecule has 0 bridgehead atoms. The standard InChI is InChI=1S/C6H12O4/c1-9-5(3-7)6(4-8)10-2/h3,5-6,8H,4H2,1-2H3. The Balaban J connectivity index is 3.81. The molecule has 0 aliphatic carbocycles. The molecular weight excluding hydrogens is 136 g/mol. The number of aliphatic hydroxyl groups is 1. The van der Waals surface area contributed by atoms with Gasteiger partial charge in [-0.25, -0.2) is 0 Å². The average Bonchev–Trinajstić information content (AvgIpc) is 2.00. The van der Waals surface area contributed by atoms with Crippen molar-refractivity contribution in [2.45, 2.75) is 12.2 Å². The molecule has 4 heteroatoms. The Kier molecular flexibility index (Phi) is 5.10. The van der Waals surface area contributed by atoms with E-state index in [1.807, 2.05) is 0 Å². The third-order valence-electron chi connectivity index (χ3n) is 1.26. The second kappa shape index (κ2) is 5.34. The second-order valence-electron chi connectivity index (χ2n) is 1.79. The summed E-state index contributed by atoms with van der Waals surface area (Å²) in [6.07, 6.45) is -0.623. The fourth-order valence-corrected chi connectivity index (χ4v) is 0.608. The molecule has 0 fully saturated rings. The maximum absolute atomic E-state index is 10.2. The molecule has 4 nitrogen and oxygen atoms in total. The number of carbonyl (C=O) groups excluding carboxylic acids is 1. The highest BCUT2D eigenvalue weighted by molar-refractivity contribution is 5.57. The number of methoxy groups -OCH3 is 2. The van der Waals surface area contributed by atoms with Gasteiger partial charge >= 0.3 is 0 Å². The molecule has 0 spiro atoms. The molecule has 0 rings (SSSR count). The summed E-state index contributed by atoms with van der Waals surface area (Å²) in [4.78, 5) is 10.2. The minimum Gasteiger partial charge on any atom is -0.394 e. The van der Waals surface area contributed by atoms with Crippen LogP contribution in [0.4, 0.5) is 0 Å². The number of hydrogen-bond donors (Lipinski definition) is 1. The molecule has 0 aromatic rings. The number of carbonyl (C=O) groups is 1. The van der Waals surface area contributed by atoms with Crippen LogP contribution < -0.4 is 0 Å². The van der Waals surface area contributed by atoms with Crippen LogP contribution in [-0.2, 0) is 14.3 Å². The van der Waals surface area contributed by atoms with Crippen LogP contribution in [-0.4, -0.2) is 44.4 Å². The first kappa shape index (κ1) is 9.55. The molecule has 0 heterocycles. The van der Waals surface area contributed by atoms with Gasteiger partial charge in [0, 0.05) is 14.2 Å². The zero-order valence-corrected chi connectivity index (χ0v) is 6.11. The van der Waals surface area contributed by atoms with Gasteiger partial charge in [0.25, 0.3) is 0 Å². The summed E-state index contributed by atoms with van der Waals surface area (Å²) in [7, 11) is 2.80. The first-order valence-corrected chi connectivity index (χ1v) is 2.91. The summed E-state index contributed by atoms with van der Waals surface area (Å²) < 4.78 is 9.43. The van der Waals surface area contributed by atoms with Crippen molar-refractivity contribution in [1.82, 2.24) is 0 Å². The Morgan fingerprint density at radius 1 is 1.50 bits per heavy atom. The lowest BCUT2D eigenvalue weighted by atomic mass is 10.2. The average molecular weight is 148 g/mol. The second-order valence-corrected chi connectivity index (χ2v) is 1.79. The minimum atomic E-state index is -0.671. The summed E-state index contributed by atoms with van der Waals surface area (Å²) >= 11 is 0. The highest BCUT2D eigenvalue weighted by Crippen LogP contribution is 1.97. The maximum atomic E-state index is 10.2. The van der Waals surface area contributed by atoms with Gasteiger partial charge in [0.1, 0.15) is 12.2 Å². The third kappa shape index (κ3) is 2.43. The number of aldehydes is 1. The van der Waals surface area contributed by atoms with Gasteiger partial charge in [-0.15, -0.1) is 0 Å². The normalized spacial score (nSPS) is 16.3. The summed E-state index contributed by atoms with van der Waals surface area (Å²) in [5, 5.41) is 8.59. The SMILES string of the molecule is COC(C=O)C(CO)OC. The lowest BCUT2D eigenvalue weighted by Gasteiger charge is -2.16. The van der Waals surface area contributed by atoms with Crippen molar-refractivity contribution in [3.05, 3.63) is 0 Å². The van der Waals surface area contributed by atoms with E-state index in [-0.39, 0.29) is 6.61 Å². The van der Waals surface area contributed by atoms with Gasteiger partial charge in [-0.1, -0.05) is 0 Å². The summed E-state index contributed by atoms with van der Waals surface area (Å²) in [6.45, 7) is -0.215. The molecule has 0 aromatic heterocycles. The quantitative estimate of drug-likeness (QED) is 0.519. The van der Waals surface area contributed by atoms with Gasteiger partial charge in [0.15, 0.2) is 6.29 Å².